The van der Waals surface area contributed by atoms with Crippen LogP contribution in [0.5, 0.6) is 0 Å². The Bertz CT molecular complexity index is 622. The average molecular weight is 312 g/mol. The first-order valence-corrected chi connectivity index (χ1v) is 7.73. The molecule has 21 heavy (non-hydrogen) atoms. The van der Waals surface area contributed by atoms with Crippen LogP contribution in [0.25, 0.3) is 0 Å². The Morgan fingerprint density at radius 1 is 1.10 bits per heavy atom. The van der Waals surface area contributed by atoms with E-state index >= 15 is 0 Å². The van der Waals surface area contributed by atoms with E-state index in [1.807, 2.05) is 6.07 Å². The summed E-state index contributed by atoms with van der Waals surface area (Å²) < 4.78 is 38.2. The highest BCUT2D eigenvalue weighted by Gasteiger charge is 2.31. The zero-order chi connectivity index (χ0) is 15.0. The summed E-state index contributed by atoms with van der Waals surface area (Å²) in [5, 5.41) is 10.4. The van der Waals surface area contributed by atoms with Gasteiger partial charge in [0.15, 0.2) is 0 Å². The Balaban J connectivity index is 1.91. The maximum Gasteiger partial charge on any atom is 0.416 e. The third kappa shape index (κ3) is 2.99. The number of aliphatic hydroxyl groups excluding tert-OH is 1. The van der Waals surface area contributed by atoms with Gasteiger partial charge < -0.3 is 5.11 Å². The van der Waals surface area contributed by atoms with Crippen molar-refractivity contribution in [1.82, 2.24) is 0 Å². The van der Waals surface area contributed by atoms with Crippen molar-refractivity contribution in [3.05, 3.63) is 56.8 Å². The minimum absolute atomic E-state index is 0.295. The lowest BCUT2D eigenvalue weighted by molar-refractivity contribution is -0.137. The van der Waals surface area contributed by atoms with Crippen LogP contribution in [0.2, 0.25) is 0 Å². The molecule has 0 fully saturated rings. The number of aryl methyl sites for hydroxylation is 2. The highest BCUT2D eigenvalue weighted by molar-refractivity contribution is 7.12. The lowest BCUT2D eigenvalue weighted by Crippen LogP contribution is -2.06. The van der Waals surface area contributed by atoms with Gasteiger partial charge in [-0.3, -0.25) is 0 Å². The molecular weight excluding hydrogens is 297 g/mol. The standard InChI is InChI=1S/C16H15F3OS/c17-16(18,19)12-6-3-5-11(8-12)15(20)14-9-10-4-1-2-7-13(10)21-14/h3,5-6,8-9,15,20H,1-2,4,7H2. The van der Waals surface area contributed by atoms with Crippen LogP contribution in [0.3, 0.4) is 0 Å². The lowest BCUT2D eigenvalue weighted by Gasteiger charge is -2.12. The van der Waals surface area contributed by atoms with Crippen LogP contribution in [0.15, 0.2) is 30.3 Å². The van der Waals surface area contributed by atoms with E-state index in [0.29, 0.717) is 5.56 Å². The summed E-state index contributed by atoms with van der Waals surface area (Å²) in [5.74, 6) is 0. The number of hydrogen-bond donors (Lipinski definition) is 1. The smallest absolute Gasteiger partial charge is 0.383 e. The van der Waals surface area contributed by atoms with Gasteiger partial charge in [0, 0.05) is 9.75 Å². The zero-order valence-corrected chi connectivity index (χ0v) is 12.1. The van der Waals surface area contributed by atoms with Crippen molar-refractivity contribution in [2.75, 3.05) is 0 Å². The summed E-state index contributed by atoms with van der Waals surface area (Å²) in [6.07, 6.45) is -1.07. The monoisotopic (exact) mass is 312 g/mol. The number of halogens is 3. The van der Waals surface area contributed by atoms with Crippen LogP contribution in [0.4, 0.5) is 13.2 Å². The SMILES string of the molecule is OC(c1cccc(C(F)(F)F)c1)c1cc2c(s1)CCCC2. The van der Waals surface area contributed by atoms with Gasteiger partial charge in [-0.25, -0.2) is 0 Å². The highest BCUT2D eigenvalue weighted by Crippen LogP contribution is 2.37. The van der Waals surface area contributed by atoms with Crippen LogP contribution in [-0.2, 0) is 19.0 Å². The molecular formula is C16H15F3OS. The lowest BCUT2D eigenvalue weighted by atomic mass is 9.98. The number of fused-ring (bicyclic) bond motifs is 1. The molecule has 0 bridgehead atoms. The summed E-state index contributed by atoms with van der Waals surface area (Å²) in [5.41, 5.74) is 0.816. The molecule has 112 valence electrons. The number of hydrogen-bond acceptors (Lipinski definition) is 2. The Morgan fingerprint density at radius 2 is 1.86 bits per heavy atom. The van der Waals surface area contributed by atoms with Crippen LogP contribution >= 0.6 is 11.3 Å². The van der Waals surface area contributed by atoms with Gasteiger partial charge in [0.05, 0.1) is 5.56 Å². The Hall–Kier alpha value is -1.33. The molecule has 0 amide bonds. The Morgan fingerprint density at radius 3 is 2.57 bits per heavy atom. The van der Waals surface area contributed by atoms with Crippen LogP contribution in [0.1, 0.15) is 45.4 Å². The van der Waals surface area contributed by atoms with E-state index < -0.39 is 17.8 Å². The molecule has 0 saturated carbocycles. The highest BCUT2D eigenvalue weighted by atomic mass is 32.1. The van der Waals surface area contributed by atoms with Crippen LogP contribution in [-0.4, -0.2) is 5.11 Å². The summed E-state index contributed by atoms with van der Waals surface area (Å²) in [6.45, 7) is 0. The quantitative estimate of drug-likeness (QED) is 0.850. The predicted octanol–water partition coefficient (Wildman–Crippen LogP) is 4.73. The fourth-order valence-corrected chi connectivity index (χ4v) is 3.97. The molecule has 1 unspecified atom stereocenters. The molecule has 1 aromatic heterocycles. The second-order valence-corrected chi connectivity index (χ2v) is 6.50. The van der Waals surface area contributed by atoms with Gasteiger partial charge in [0.25, 0.3) is 0 Å². The minimum atomic E-state index is -4.38. The van der Waals surface area contributed by atoms with Gasteiger partial charge in [0.1, 0.15) is 6.10 Å². The van der Waals surface area contributed by atoms with E-state index in [2.05, 4.69) is 0 Å². The van der Waals surface area contributed by atoms with Crippen molar-refractivity contribution < 1.29 is 18.3 Å². The second kappa shape index (κ2) is 5.46. The molecule has 1 aliphatic carbocycles. The van der Waals surface area contributed by atoms with E-state index in [1.54, 1.807) is 6.07 Å². The van der Waals surface area contributed by atoms with Gasteiger partial charge in [-0.05, 0) is 55.0 Å². The topological polar surface area (TPSA) is 20.2 Å². The number of thiophene rings is 1. The van der Waals surface area contributed by atoms with Gasteiger partial charge in [0.2, 0.25) is 0 Å². The largest absolute Gasteiger partial charge is 0.416 e. The van der Waals surface area contributed by atoms with Gasteiger partial charge >= 0.3 is 6.18 Å². The third-order valence-electron chi connectivity index (χ3n) is 3.81. The maximum absolute atomic E-state index is 12.7. The molecule has 1 N–H and O–H groups in total. The fraction of sp³-hybridized carbons (Fsp3) is 0.375. The maximum atomic E-state index is 12.7. The molecule has 1 nitrogen and oxygen atoms in total. The van der Waals surface area contributed by atoms with E-state index in [1.165, 1.54) is 27.8 Å². The summed E-state index contributed by atoms with van der Waals surface area (Å²) in [6, 6.07) is 6.89. The van der Waals surface area contributed by atoms with E-state index in [0.717, 1.165) is 42.7 Å². The Kier molecular flexibility index (Phi) is 3.80. The number of alkyl halides is 3. The molecule has 0 saturated heterocycles. The van der Waals surface area contributed by atoms with Crippen LogP contribution in [0, 0.1) is 0 Å². The fourth-order valence-electron chi connectivity index (χ4n) is 2.70. The second-order valence-electron chi connectivity index (χ2n) is 5.33. The first-order chi connectivity index (χ1) is 9.95. The molecule has 0 radical (unpaired) electrons. The van der Waals surface area contributed by atoms with E-state index in [4.69, 9.17) is 0 Å². The van der Waals surface area contributed by atoms with Crippen molar-refractivity contribution in [2.24, 2.45) is 0 Å². The molecule has 3 rings (SSSR count). The Labute approximate surface area is 125 Å². The first kappa shape index (κ1) is 14.6. The zero-order valence-electron chi connectivity index (χ0n) is 11.3. The van der Waals surface area contributed by atoms with E-state index in [9.17, 15) is 18.3 Å². The van der Waals surface area contributed by atoms with Crippen molar-refractivity contribution in [3.8, 4) is 0 Å². The predicted molar refractivity (Wildman–Crippen MR) is 76.5 cm³/mol. The first-order valence-electron chi connectivity index (χ1n) is 6.92. The normalized spacial score (nSPS) is 16.6. The van der Waals surface area contributed by atoms with Crippen molar-refractivity contribution in [1.29, 1.82) is 0 Å². The summed E-state index contributed by atoms with van der Waals surface area (Å²) >= 11 is 1.52. The molecule has 1 aromatic carbocycles. The van der Waals surface area contributed by atoms with E-state index in [-0.39, 0.29) is 0 Å². The summed E-state index contributed by atoms with van der Waals surface area (Å²) in [4.78, 5) is 2.00. The van der Waals surface area contributed by atoms with Gasteiger partial charge in [-0.1, -0.05) is 12.1 Å². The van der Waals surface area contributed by atoms with Crippen molar-refractivity contribution in [3.63, 3.8) is 0 Å². The average Bonchev–Trinajstić information content (AvgIpc) is 2.89. The molecule has 2 aromatic rings. The number of aliphatic hydroxyl groups is 1. The van der Waals surface area contributed by atoms with Crippen LogP contribution < -0.4 is 0 Å². The summed E-state index contributed by atoms with van der Waals surface area (Å²) in [7, 11) is 0. The molecule has 5 heteroatoms. The molecule has 0 aliphatic heterocycles. The van der Waals surface area contributed by atoms with Gasteiger partial charge in [-0.2, -0.15) is 13.2 Å². The van der Waals surface area contributed by atoms with Crippen molar-refractivity contribution in [2.45, 2.75) is 38.0 Å². The molecule has 1 aliphatic rings. The number of rotatable bonds is 2. The minimum Gasteiger partial charge on any atom is -0.383 e. The van der Waals surface area contributed by atoms with Gasteiger partial charge in [-0.15, -0.1) is 11.3 Å². The molecule has 1 atom stereocenters. The van der Waals surface area contributed by atoms with Crippen molar-refractivity contribution >= 4 is 11.3 Å². The molecule has 1 heterocycles. The number of benzene rings is 1. The third-order valence-corrected chi connectivity index (χ3v) is 5.10. The molecule has 0 spiro atoms.